The summed E-state index contributed by atoms with van der Waals surface area (Å²) in [4.78, 5) is 17.7. The third-order valence-electron chi connectivity index (χ3n) is 5.05. The van der Waals surface area contributed by atoms with E-state index in [2.05, 4.69) is 53.8 Å². The highest BCUT2D eigenvalue weighted by Gasteiger charge is 2.21. The number of rotatable bonds is 5. The third kappa shape index (κ3) is 4.90. The molecule has 0 aliphatic carbocycles. The van der Waals surface area contributed by atoms with E-state index in [1.807, 2.05) is 50.2 Å². The molecule has 3 nitrogen and oxygen atoms in total. The second-order valence-electron chi connectivity index (χ2n) is 8.45. The fourth-order valence-corrected chi connectivity index (χ4v) is 5.07. The molecule has 5 heteroatoms. The Labute approximate surface area is 190 Å². The molecule has 0 atom stereocenters. The maximum absolute atomic E-state index is 12.4. The van der Waals surface area contributed by atoms with E-state index in [0.717, 1.165) is 19.8 Å². The number of nitrogens with zero attached hydrogens (tertiary/aromatic N) is 1. The molecule has 0 spiro atoms. The third-order valence-corrected chi connectivity index (χ3v) is 6.95. The Balaban J connectivity index is 1.84. The summed E-state index contributed by atoms with van der Waals surface area (Å²) < 4.78 is 0.805. The quantitative estimate of drug-likeness (QED) is 0.308. The molecular weight excluding hydrogens is 458 g/mol. The number of hydrogen-bond acceptors (Lipinski definition) is 4. The normalized spacial score (nSPS) is 12.3. The summed E-state index contributed by atoms with van der Waals surface area (Å²) in [5.41, 5.74) is 5.32. The van der Waals surface area contributed by atoms with E-state index in [1.165, 1.54) is 16.9 Å². The Morgan fingerprint density at radius 1 is 1.07 bits per heavy atom. The maximum Gasteiger partial charge on any atom is 0.184 e. The van der Waals surface area contributed by atoms with Gasteiger partial charge in [-0.1, -0.05) is 74.9 Å². The molecule has 156 valence electrons. The molecule has 0 saturated carbocycles. The molecule has 3 rings (SSSR count). The van der Waals surface area contributed by atoms with E-state index in [1.54, 1.807) is 0 Å². The zero-order valence-electron chi connectivity index (χ0n) is 17.9. The summed E-state index contributed by atoms with van der Waals surface area (Å²) in [5.74, 6) is 0.151. The molecule has 0 unspecified atom stereocenters. The first-order chi connectivity index (χ1) is 14.1. The molecule has 0 bridgehead atoms. The summed E-state index contributed by atoms with van der Waals surface area (Å²) in [6, 6.07) is 15.8. The predicted molar refractivity (Wildman–Crippen MR) is 130 cm³/mol. The number of Topliss-reactive ketones (excluding diaryl/α,β-unsaturated/α-hetero) is 1. The zero-order valence-corrected chi connectivity index (χ0v) is 20.3. The van der Waals surface area contributed by atoms with Gasteiger partial charge in [-0.25, -0.2) is 0 Å². The Morgan fingerprint density at radius 2 is 1.67 bits per heavy atom. The molecule has 0 saturated heterocycles. The van der Waals surface area contributed by atoms with E-state index in [9.17, 15) is 9.90 Å². The molecule has 0 radical (unpaired) electrons. The maximum atomic E-state index is 12.4. The SMILES string of the molecule is CC(=NCC(=O)c1ccc(C)cc1)c1c(Br)sc(-c2ccc(C(C)(C)C)cc2)c1O. The number of hydrogen-bond donors (Lipinski definition) is 1. The smallest absolute Gasteiger partial charge is 0.184 e. The summed E-state index contributed by atoms with van der Waals surface area (Å²) >= 11 is 5.03. The van der Waals surface area contributed by atoms with Crippen molar-refractivity contribution in [3.05, 3.63) is 74.6 Å². The fraction of sp³-hybridized carbons (Fsp3) is 0.280. The van der Waals surface area contributed by atoms with Crippen LogP contribution in [0.1, 0.15) is 54.7 Å². The van der Waals surface area contributed by atoms with Gasteiger partial charge in [-0.2, -0.15) is 0 Å². The van der Waals surface area contributed by atoms with Crippen molar-refractivity contribution in [2.24, 2.45) is 4.99 Å². The van der Waals surface area contributed by atoms with E-state index in [-0.39, 0.29) is 23.5 Å². The van der Waals surface area contributed by atoms with Crippen molar-refractivity contribution in [1.29, 1.82) is 0 Å². The molecule has 2 aromatic carbocycles. The zero-order chi connectivity index (χ0) is 22.1. The fourth-order valence-electron chi connectivity index (χ4n) is 3.13. The largest absolute Gasteiger partial charge is 0.506 e. The second kappa shape index (κ2) is 8.86. The van der Waals surface area contributed by atoms with E-state index in [4.69, 9.17) is 0 Å². The average molecular weight is 484 g/mol. The highest BCUT2D eigenvalue weighted by molar-refractivity contribution is 9.11. The first kappa shape index (κ1) is 22.4. The summed E-state index contributed by atoms with van der Waals surface area (Å²) in [7, 11) is 0. The minimum atomic E-state index is -0.0433. The number of aryl methyl sites for hydroxylation is 1. The molecule has 30 heavy (non-hydrogen) atoms. The van der Waals surface area contributed by atoms with Crippen LogP contribution in [0.4, 0.5) is 0 Å². The lowest BCUT2D eigenvalue weighted by molar-refractivity contribution is 0.100. The van der Waals surface area contributed by atoms with Crippen LogP contribution in [-0.4, -0.2) is 23.1 Å². The van der Waals surface area contributed by atoms with Gasteiger partial charge in [0.05, 0.1) is 14.2 Å². The van der Waals surface area contributed by atoms with Crippen LogP contribution in [0.3, 0.4) is 0 Å². The molecule has 1 N–H and O–H groups in total. The number of carbonyl (C=O) groups is 1. The predicted octanol–water partition coefficient (Wildman–Crippen LogP) is 7.18. The van der Waals surface area contributed by atoms with Crippen molar-refractivity contribution in [2.75, 3.05) is 6.54 Å². The van der Waals surface area contributed by atoms with Gasteiger partial charge >= 0.3 is 0 Å². The lowest BCUT2D eigenvalue weighted by Gasteiger charge is -2.19. The van der Waals surface area contributed by atoms with Gasteiger partial charge in [-0.05, 0) is 46.3 Å². The van der Waals surface area contributed by atoms with Crippen molar-refractivity contribution >= 4 is 38.8 Å². The van der Waals surface area contributed by atoms with E-state index in [0.29, 0.717) is 16.8 Å². The second-order valence-corrected chi connectivity index (χ2v) is 10.8. The first-order valence-corrected chi connectivity index (χ1v) is 11.4. The minimum Gasteiger partial charge on any atom is -0.506 e. The van der Waals surface area contributed by atoms with Gasteiger partial charge in [-0.3, -0.25) is 9.79 Å². The summed E-state index contributed by atoms with van der Waals surface area (Å²) in [6.45, 7) is 10.4. The van der Waals surface area contributed by atoms with Crippen molar-refractivity contribution in [1.82, 2.24) is 0 Å². The Morgan fingerprint density at radius 3 is 2.23 bits per heavy atom. The van der Waals surface area contributed by atoms with Crippen molar-refractivity contribution in [3.8, 4) is 16.2 Å². The minimum absolute atomic E-state index is 0.0433. The van der Waals surface area contributed by atoms with Crippen LogP contribution in [0.15, 0.2) is 57.3 Å². The number of thiophene rings is 1. The van der Waals surface area contributed by atoms with Gasteiger partial charge < -0.3 is 5.11 Å². The highest BCUT2D eigenvalue weighted by Crippen LogP contribution is 2.45. The van der Waals surface area contributed by atoms with Crippen LogP contribution in [0.25, 0.3) is 10.4 Å². The number of aromatic hydroxyl groups is 1. The number of carbonyl (C=O) groups excluding carboxylic acids is 1. The number of aliphatic imine (C=N–C) groups is 1. The topological polar surface area (TPSA) is 49.7 Å². The van der Waals surface area contributed by atoms with Crippen molar-refractivity contribution < 1.29 is 9.90 Å². The van der Waals surface area contributed by atoms with Crippen molar-refractivity contribution in [3.63, 3.8) is 0 Å². The van der Waals surface area contributed by atoms with Crippen molar-refractivity contribution in [2.45, 2.75) is 40.0 Å². The van der Waals surface area contributed by atoms with Crippen LogP contribution in [0.2, 0.25) is 0 Å². The summed E-state index contributed by atoms with van der Waals surface area (Å²) in [5, 5.41) is 10.9. The van der Waals surface area contributed by atoms with Gasteiger partial charge in [0, 0.05) is 11.3 Å². The molecule has 0 fully saturated rings. The average Bonchev–Trinajstić information content (AvgIpc) is 3.00. The number of ketones is 1. The molecule has 0 aliphatic rings. The van der Waals surface area contributed by atoms with Gasteiger partial charge in [0.15, 0.2) is 5.78 Å². The first-order valence-electron chi connectivity index (χ1n) is 9.81. The van der Waals surface area contributed by atoms with Crippen LogP contribution in [0, 0.1) is 6.92 Å². The molecule has 3 aromatic rings. The van der Waals surface area contributed by atoms with Crippen LogP contribution in [0.5, 0.6) is 5.75 Å². The number of halogens is 1. The van der Waals surface area contributed by atoms with Gasteiger partial charge in [0.1, 0.15) is 12.3 Å². The highest BCUT2D eigenvalue weighted by atomic mass is 79.9. The molecule has 1 heterocycles. The number of benzene rings is 2. The van der Waals surface area contributed by atoms with E-state index >= 15 is 0 Å². The Hall–Kier alpha value is -2.24. The standard InChI is InChI=1S/C25H26BrNO2S/c1-15-6-8-17(9-7-15)20(28)14-27-16(2)21-22(29)23(30-24(21)26)18-10-12-19(13-11-18)25(3,4)5/h6-13,29H,14H2,1-5H3. The molecule has 1 aromatic heterocycles. The lowest BCUT2D eigenvalue weighted by atomic mass is 9.86. The summed E-state index contributed by atoms with van der Waals surface area (Å²) in [6.07, 6.45) is 0. The van der Waals surface area contributed by atoms with Crippen LogP contribution >= 0.6 is 27.3 Å². The molecule has 0 amide bonds. The Kier molecular flexibility index (Phi) is 6.63. The van der Waals surface area contributed by atoms with E-state index < -0.39 is 0 Å². The van der Waals surface area contributed by atoms with Gasteiger partial charge in [0.25, 0.3) is 0 Å². The Bertz CT molecular complexity index is 1090. The monoisotopic (exact) mass is 483 g/mol. The molecular formula is C25H26BrNO2S. The van der Waals surface area contributed by atoms with Gasteiger partial charge in [-0.15, -0.1) is 11.3 Å². The molecule has 0 aliphatic heterocycles. The lowest BCUT2D eigenvalue weighted by Crippen LogP contribution is -2.10. The van der Waals surface area contributed by atoms with Crippen LogP contribution in [-0.2, 0) is 5.41 Å². The van der Waals surface area contributed by atoms with Crippen LogP contribution < -0.4 is 0 Å². The van der Waals surface area contributed by atoms with Gasteiger partial charge in [0.2, 0.25) is 0 Å².